The monoisotopic (exact) mass is 527 g/mol. The van der Waals surface area contributed by atoms with Crippen molar-refractivity contribution in [3.63, 3.8) is 0 Å². The standard InChI is InChI=1S/C25H26ClN5O4S/c1-4-11-31-21(14-27-23(33)17-7-5-9-19(26)12-17)29-30-25(31)36-15-22(32)28-20-10-6-8-18(13-20)24(34)35-16(2)3/h4-10,12-13,16H,1,11,14-15H2,2-3H3,(H,27,33)(H,28,32). The highest BCUT2D eigenvalue weighted by atomic mass is 35.5. The third kappa shape index (κ3) is 7.69. The molecule has 2 amide bonds. The Balaban J connectivity index is 1.59. The molecule has 0 spiro atoms. The molecule has 0 fully saturated rings. The molecule has 0 saturated heterocycles. The first kappa shape index (κ1) is 27.0. The third-order valence-corrected chi connectivity index (χ3v) is 5.86. The maximum atomic E-state index is 12.5. The van der Waals surface area contributed by atoms with E-state index in [-0.39, 0.29) is 30.2 Å². The summed E-state index contributed by atoms with van der Waals surface area (Å²) in [6.07, 6.45) is 1.44. The van der Waals surface area contributed by atoms with E-state index in [1.54, 1.807) is 73.0 Å². The third-order valence-electron chi connectivity index (χ3n) is 4.66. The molecule has 0 atom stereocenters. The van der Waals surface area contributed by atoms with Crippen LogP contribution in [0.1, 0.15) is 40.4 Å². The predicted molar refractivity (Wildman–Crippen MR) is 139 cm³/mol. The number of carbonyl (C=O) groups is 3. The molecule has 0 aliphatic carbocycles. The van der Waals surface area contributed by atoms with Gasteiger partial charge in [-0.25, -0.2) is 4.79 Å². The summed E-state index contributed by atoms with van der Waals surface area (Å²) in [4.78, 5) is 37.0. The number of anilines is 1. The van der Waals surface area contributed by atoms with Gasteiger partial charge < -0.3 is 19.9 Å². The number of ether oxygens (including phenoxy) is 1. The number of nitrogens with one attached hydrogen (secondary N) is 2. The van der Waals surface area contributed by atoms with Crippen molar-refractivity contribution in [1.29, 1.82) is 0 Å². The minimum absolute atomic E-state index is 0.0603. The van der Waals surface area contributed by atoms with Crippen molar-refractivity contribution in [3.05, 3.63) is 83.2 Å². The molecule has 36 heavy (non-hydrogen) atoms. The number of aromatic nitrogens is 3. The summed E-state index contributed by atoms with van der Waals surface area (Å²) in [5.74, 6) is -0.449. The molecule has 1 aromatic heterocycles. The van der Waals surface area contributed by atoms with Gasteiger partial charge >= 0.3 is 5.97 Å². The Kier molecular flexibility index (Phi) is 9.66. The van der Waals surface area contributed by atoms with Crippen LogP contribution in [0.3, 0.4) is 0 Å². The number of esters is 1. The van der Waals surface area contributed by atoms with Crippen molar-refractivity contribution in [2.45, 2.75) is 38.2 Å². The Bertz CT molecular complexity index is 1260. The van der Waals surface area contributed by atoms with Crippen molar-refractivity contribution < 1.29 is 19.1 Å². The van der Waals surface area contributed by atoms with Crippen LogP contribution in [-0.2, 0) is 22.6 Å². The van der Waals surface area contributed by atoms with Gasteiger partial charge in [-0.2, -0.15) is 0 Å². The Labute approximate surface area is 218 Å². The number of amides is 2. The largest absolute Gasteiger partial charge is 0.459 e. The molecule has 1 heterocycles. The maximum Gasteiger partial charge on any atom is 0.338 e. The Morgan fingerprint density at radius 3 is 2.61 bits per heavy atom. The van der Waals surface area contributed by atoms with Gasteiger partial charge in [-0.3, -0.25) is 9.59 Å². The van der Waals surface area contributed by atoms with E-state index >= 15 is 0 Å². The van der Waals surface area contributed by atoms with Gasteiger partial charge in [-0.1, -0.05) is 41.6 Å². The summed E-state index contributed by atoms with van der Waals surface area (Å²) in [7, 11) is 0. The molecule has 2 N–H and O–H groups in total. The SMILES string of the molecule is C=CCn1c(CNC(=O)c2cccc(Cl)c2)nnc1SCC(=O)Nc1cccc(C(=O)OC(C)C)c1. The molecule has 0 aliphatic rings. The van der Waals surface area contributed by atoms with E-state index in [9.17, 15) is 14.4 Å². The molecule has 0 radical (unpaired) electrons. The topological polar surface area (TPSA) is 115 Å². The molecular formula is C25H26ClN5O4S. The van der Waals surface area contributed by atoms with Gasteiger partial charge in [0.05, 0.1) is 24.0 Å². The zero-order chi connectivity index (χ0) is 26.1. The van der Waals surface area contributed by atoms with E-state index in [1.807, 2.05) is 0 Å². The second-order valence-electron chi connectivity index (χ2n) is 7.86. The van der Waals surface area contributed by atoms with Gasteiger partial charge in [0.1, 0.15) is 0 Å². The Morgan fingerprint density at radius 1 is 1.14 bits per heavy atom. The van der Waals surface area contributed by atoms with Crippen molar-refractivity contribution in [2.75, 3.05) is 11.1 Å². The van der Waals surface area contributed by atoms with Crippen LogP contribution in [0.25, 0.3) is 0 Å². The molecule has 188 valence electrons. The molecule has 9 nitrogen and oxygen atoms in total. The van der Waals surface area contributed by atoms with Crippen molar-refractivity contribution in [1.82, 2.24) is 20.1 Å². The quantitative estimate of drug-likeness (QED) is 0.216. The first-order valence-electron chi connectivity index (χ1n) is 11.1. The lowest BCUT2D eigenvalue weighted by atomic mass is 10.2. The fourth-order valence-electron chi connectivity index (χ4n) is 3.09. The predicted octanol–water partition coefficient (Wildman–Crippen LogP) is 4.34. The lowest BCUT2D eigenvalue weighted by Gasteiger charge is -2.10. The van der Waals surface area contributed by atoms with E-state index in [1.165, 1.54) is 11.8 Å². The molecule has 0 unspecified atom stereocenters. The van der Waals surface area contributed by atoms with Crippen molar-refractivity contribution in [2.24, 2.45) is 0 Å². The summed E-state index contributed by atoms with van der Waals surface area (Å²) in [6, 6.07) is 13.2. The number of allylic oxidation sites excluding steroid dienone is 1. The molecule has 3 aromatic rings. The van der Waals surface area contributed by atoms with Gasteiger partial charge in [0.25, 0.3) is 5.91 Å². The highest BCUT2D eigenvalue weighted by Crippen LogP contribution is 2.19. The lowest BCUT2D eigenvalue weighted by Crippen LogP contribution is -2.24. The summed E-state index contributed by atoms with van der Waals surface area (Å²) in [5, 5.41) is 14.9. The number of benzene rings is 2. The van der Waals surface area contributed by atoms with Crippen LogP contribution in [0.2, 0.25) is 5.02 Å². The maximum absolute atomic E-state index is 12.5. The average Bonchev–Trinajstić information content (AvgIpc) is 3.22. The summed E-state index contributed by atoms with van der Waals surface area (Å²) >= 11 is 7.15. The normalized spacial score (nSPS) is 10.7. The van der Waals surface area contributed by atoms with Crippen molar-refractivity contribution in [3.8, 4) is 0 Å². The number of hydrogen-bond acceptors (Lipinski definition) is 7. The van der Waals surface area contributed by atoms with E-state index < -0.39 is 5.97 Å². The minimum atomic E-state index is -0.456. The number of thioether (sulfide) groups is 1. The number of hydrogen-bond donors (Lipinski definition) is 2. The zero-order valence-corrected chi connectivity index (χ0v) is 21.4. The highest BCUT2D eigenvalue weighted by Gasteiger charge is 2.16. The van der Waals surface area contributed by atoms with Crippen LogP contribution >= 0.6 is 23.4 Å². The van der Waals surface area contributed by atoms with Crippen LogP contribution in [0, 0.1) is 0 Å². The first-order valence-corrected chi connectivity index (χ1v) is 12.4. The number of halogens is 1. The zero-order valence-electron chi connectivity index (χ0n) is 19.9. The molecule has 0 bridgehead atoms. The van der Waals surface area contributed by atoms with Gasteiger partial charge in [0.2, 0.25) is 5.91 Å². The fraction of sp³-hybridized carbons (Fsp3) is 0.240. The molecule has 0 saturated carbocycles. The summed E-state index contributed by atoms with van der Waals surface area (Å²) in [5.41, 5.74) is 1.27. The Hall–Kier alpha value is -3.63. The van der Waals surface area contributed by atoms with Gasteiger partial charge in [0, 0.05) is 22.8 Å². The molecule has 11 heteroatoms. The van der Waals surface area contributed by atoms with Crippen LogP contribution in [-0.4, -0.2) is 44.4 Å². The van der Waals surface area contributed by atoms with E-state index in [0.29, 0.717) is 39.4 Å². The average molecular weight is 528 g/mol. The number of rotatable bonds is 11. The first-order chi connectivity index (χ1) is 17.3. The van der Waals surface area contributed by atoms with Crippen LogP contribution in [0.15, 0.2) is 66.3 Å². The van der Waals surface area contributed by atoms with E-state index in [0.717, 1.165) is 0 Å². The van der Waals surface area contributed by atoms with Gasteiger partial charge in [-0.15, -0.1) is 16.8 Å². The summed E-state index contributed by atoms with van der Waals surface area (Å²) < 4.78 is 6.96. The number of nitrogens with zero attached hydrogens (tertiary/aromatic N) is 3. The highest BCUT2D eigenvalue weighted by molar-refractivity contribution is 7.99. The van der Waals surface area contributed by atoms with Gasteiger partial charge in [0.15, 0.2) is 11.0 Å². The van der Waals surface area contributed by atoms with Crippen LogP contribution in [0.5, 0.6) is 0 Å². The van der Waals surface area contributed by atoms with Crippen molar-refractivity contribution >= 4 is 46.8 Å². The Morgan fingerprint density at radius 2 is 1.89 bits per heavy atom. The number of carbonyl (C=O) groups excluding carboxylic acids is 3. The van der Waals surface area contributed by atoms with E-state index in [2.05, 4.69) is 27.4 Å². The fourth-order valence-corrected chi connectivity index (χ4v) is 4.05. The molecular weight excluding hydrogens is 502 g/mol. The van der Waals surface area contributed by atoms with Crippen LogP contribution in [0.4, 0.5) is 5.69 Å². The van der Waals surface area contributed by atoms with Crippen LogP contribution < -0.4 is 10.6 Å². The summed E-state index contributed by atoms with van der Waals surface area (Å²) in [6.45, 7) is 7.83. The van der Waals surface area contributed by atoms with Gasteiger partial charge in [-0.05, 0) is 50.2 Å². The second kappa shape index (κ2) is 12.9. The lowest BCUT2D eigenvalue weighted by molar-refractivity contribution is -0.113. The second-order valence-corrected chi connectivity index (χ2v) is 9.24. The van der Waals surface area contributed by atoms with E-state index in [4.69, 9.17) is 16.3 Å². The minimum Gasteiger partial charge on any atom is -0.459 e. The molecule has 2 aromatic carbocycles. The molecule has 0 aliphatic heterocycles. The molecule has 3 rings (SSSR count). The smallest absolute Gasteiger partial charge is 0.338 e.